The molecule has 0 unspecified atom stereocenters. The van der Waals surface area contributed by atoms with E-state index in [-0.39, 0.29) is 18.4 Å². The highest BCUT2D eigenvalue weighted by atomic mass is 16.5. The van der Waals surface area contributed by atoms with Gasteiger partial charge in [-0.25, -0.2) is 0 Å². The molecule has 2 amide bonds. The zero-order chi connectivity index (χ0) is 16.7. The van der Waals surface area contributed by atoms with E-state index in [2.05, 4.69) is 10.6 Å². The third-order valence-electron chi connectivity index (χ3n) is 3.27. The van der Waals surface area contributed by atoms with Gasteiger partial charge in [0.1, 0.15) is 5.75 Å². The molecule has 0 radical (unpaired) electrons. The molecular weight excluding hydrogens is 292 g/mol. The van der Waals surface area contributed by atoms with E-state index >= 15 is 0 Å². The number of carbonyl (C=O) groups excluding carboxylic acids is 2. The number of rotatable bonds is 6. The van der Waals surface area contributed by atoms with E-state index in [0.717, 1.165) is 11.1 Å². The van der Waals surface area contributed by atoms with Gasteiger partial charge in [0.05, 0.1) is 6.42 Å². The molecule has 2 aromatic carbocycles. The summed E-state index contributed by atoms with van der Waals surface area (Å²) in [5.74, 6) is 0.379. The van der Waals surface area contributed by atoms with Crippen LogP contribution in [0.3, 0.4) is 0 Å². The molecule has 2 aromatic rings. The summed E-state index contributed by atoms with van der Waals surface area (Å²) >= 11 is 0. The number of anilines is 1. The van der Waals surface area contributed by atoms with E-state index in [0.29, 0.717) is 17.9 Å². The predicted molar refractivity (Wildman–Crippen MR) is 89.5 cm³/mol. The van der Waals surface area contributed by atoms with Gasteiger partial charge in [0, 0.05) is 12.7 Å². The van der Waals surface area contributed by atoms with Crippen LogP contribution in [0.2, 0.25) is 0 Å². The third-order valence-corrected chi connectivity index (χ3v) is 3.27. The third kappa shape index (κ3) is 5.47. The van der Waals surface area contributed by atoms with Crippen molar-refractivity contribution in [3.8, 4) is 5.75 Å². The first-order valence-electron chi connectivity index (χ1n) is 7.35. The topological polar surface area (TPSA) is 67.4 Å². The SMILES string of the molecule is CNC(=O)Cc1ccc(NC(=O)COc2ccc(C)cc2)cc1. The molecule has 0 fully saturated rings. The van der Waals surface area contributed by atoms with Crippen molar-refractivity contribution in [3.05, 3.63) is 59.7 Å². The summed E-state index contributed by atoms with van der Waals surface area (Å²) in [6.07, 6.45) is 0.321. The number of aryl methyl sites for hydroxylation is 1. The maximum Gasteiger partial charge on any atom is 0.262 e. The summed E-state index contributed by atoms with van der Waals surface area (Å²) in [6, 6.07) is 14.7. The van der Waals surface area contributed by atoms with Gasteiger partial charge in [-0.2, -0.15) is 0 Å². The van der Waals surface area contributed by atoms with Gasteiger partial charge in [-0.3, -0.25) is 9.59 Å². The van der Waals surface area contributed by atoms with Crippen LogP contribution in [0.25, 0.3) is 0 Å². The molecule has 0 atom stereocenters. The van der Waals surface area contributed by atoms with Gasteiger partial charge < -0.3 is 15.4 Å². The van der Waals surface area contributed by atoms with Crippen LogP contribution in [0.4, 0.5) is 5.69 Å². The summed E-state index contributed by atoms with van der Waals surface area (Å²) in [5.41, 5.74) is 2.69. The Morgan fingerprint density at radius 2 is 1.61 bits per heavy atom. The van der Waals surface area contributed by atoms with Crippen LogP contribution in [-0.2, 0) is 16.0 Å². The van der Waals surface area contributed by atoms with Crippen molar-refractivity contribution in [2.75, 3.05) is 19.0 Å². The molecular formula is C18H20N2O3. The van der Waals surface area contributed by atoms with Gasteiger partial charge >= 0.3 is 0 Å². The van der Waals surface area contributed by atoms with Crippen molar-refractivity contribution in [1.82, 2.24) is 5.32 Å². The van der Waals surface area contributed by atoms with E-state index in [9.17, 15) is 9.59 Å². The Kier molecular flexibility index (Phi) is 5.74. The lowest BCUT2D eigenvalue weighted by molar-refractivity contribution is -0.120. The zero-order valence-corrected chi connectivity index (χ0v) is 13.3. The van der Waals surface area contributed by atoms with E-state index in [1.54, 1.807) is 19.2 Å². The van der Waals surface area contributed by atoms with Gasteiger partial charge in [0.2, 0.25) is 5.91 Å². The number of nitrogens with one attached hydrogen (secondary N) is 2. The van der Waals surface area contributed by atoms with Crippen LogP contribution in [0.5, 0.6) is 5.75 Å². The molecule has 0 heterocycles. The van der Waals surface area contributed by atoms with E-state index in [1.165, 1.54) is 0 Å². The quantitative estimate of drug-likeness (QED) is 0.860. The molecule has 2 rings (SSSR count). The highest BCUT2D eigenvalue weighted by Gasteiger charge is 2.05. The zero-order valence-electron chi connectivity index (χ0n) is 13.3. The van der Waals surface area contributed by atoms with Crippen LogP contribution >= 0.6 is 0 Å². The fourth-order valence-corrected chi connectivity index (χ4v) is 1.96. The Morgan fingerprint density at radius 1 is 0.957 bits per heavy atom. The van der Waals surface area contributed by atoms with Crippen LogP contribution in [-0.4, -0.2) is 25.5 Å². The van der Waals surface area contributed by atoms with Crippen LogP contribution in [0.15, 0.2) is 48.5 Å². The van der Waals surface area contributed by atoms with Gasteiger partial charge in [-0.1, -0.05) is 29.8 Å². The summed E-state index contributed by atoms with van der Waals surface area (Å²) in [6.45, 7) is 1.94. The lowest BCUT2D eigenvalue weighted by atomic mass is 10.1. The lowest BCUT2D eigenvalue weighted by Gasteiger charge is -2.08. The molecule has 2 N–H and O–H groups in total. The van der Waals surface area contributed by atoms with Gasteiger partial charge in [0.25, 0.3) is 5.91 Å². The summed E-state index contributed by atoms with van der Waals surface area (Å²) in [7, 11) is 1.60. The number of likely N-dealkylation sites (N-methyl/N-ethyl adjacent to an activating group) is 1. The minimum Gasteiger partial charge on any atom is -0.484 e. The van der Waals surface area contributed by atoms with Crippen LogP contribution in [0.1, 0.15) is 11.1 Å². The summed E-state index contributed by atoms with van der Waals surface area (Å²) < 4.78 is 5.42. The average molecular weight is 312 g/mol. The predicted octanol–water partition coefficient (Wildman–Crippen LogP) is 2.30. The smallest absolute Gasteiger partial charge is 0.262 e. The monoisotopic (exact) mass is 312 g/mol. The molecule has 5 nitrogen and oxygen atoms in total. The van der Waals surface area contributed by atoms with E-state index < -0.39 is 0 Å². The second kappa shape index (κ2) is 7.98. The second-order valence-corrected chi connectivity index (χ2v) is 5.20. The summed E-state index contributed by atoms with van der Waals surface area (Å²) in [4.78, 5) is 23.1. The number of amides is 2. The minimum absolute atomic E-state index is 0.0479. The first-order valence-corrected chi connectivity index (χ1v) is 7.35. The van der Waals surface area contributed by atoms with Gasteiger partial charge in [-0.05, 0) is 36.8 Å². The maximum absolute atomic E-state index is 11.9. The Balaban J connectivity index is 1.82. The number of ether oxygens (including phenoxy) is 1. The van der Waals surface area contributed by atoms with E-state index in [1.807, 2.05) is 43.3 Å². The number of hydrogen-bond acceptors (Lipinski definition) is 3. The van der Waals surface area contributed by atoms with E-state index in [4.69, 9.17) is 4.74 Å². The standard InChI is InChI=1S/C18H20N2O3/c1-13-3-9-16(10-4-13)23-12-18(22)20-15-7-5-14(6-8-15)11-17(21)19-2/h3-10H,11-12H2,1-2H3,(H,19,21)(H,20,22). The molecule has 23 heavy (non-hydrogen) atoms. The molecule has 5 heteroatoms. The molecule has 0 bridgehead atoms. The average Bonchev–Trinajstić information content (AvgIpc) is 2.56. The van der Waals surface area contributed by atoms with Crippen LogP contribution < -0.4 is 15.4 Å². The molecule has 0 aromatic heterocycles. The normalized spacial score (nSPS) is 10.0. The fourth-order valence-electron chi connectivity index (χ4n) is 1.96. The highest BCUT2D eigenvalue weighted by Crippen LogP contribution is 2.12. The van der Waals surface area contributed by atoms with Crippen molar-refractivity contribution in [1.29, 1.82) is 0 Å². The Bertz CT molecular complexity index is 664. The maximum atomic E-state index is 11.9. The number of carbonyl (C=O) groups is 2. The molecule has 120 valence electrons. The van der Waals surface area contributed by atoms with Crippen molar-refractivity contribution < 1.29 is 14.3 Å². The largest absolute Gasteiger partial charge is 0.484 e. The Hall–Kier alpha value is -2.82. The summed E-state index contributed by atoms with van der Waals surface area (Å²) in [5, 5.41) is 5.32. The van der Waals surface area contributed by atoms with Gasteiger partial charge in [-0.15, -0.1) is 0 Å². The highest BCUT2D eigenvalue weighted by molar-refractivity contribution is 5.91. The van der Waals surface area contributed by atoms with Crippen molar-refractivity contribution in [3.63, 3.8) is 0 Å². The molecule has 0 spiro atoms. The minimum atomic E-state index is -0.232. The Morgan fingerprint density at radius 3 is 2.22 bits per heavy atom. The molecule has 0 aliphatic carbocycles. The molecule has 0 saturated heterocycles. The van der Waals surface area contributed by atoms with Gasteiger partial charge in [0.15, 0.2) is 6.61 Å². The molecule has 0 aliphatic heterocycles. The second-order valence-electron chi connectivity index (χ2n) is 5.20. The fraction of sp³-hybridized carbons (Fsp3) is 0.222. The number of benzene rings is 2. The first-order chi connectivity index (χ1) is 11.1. The van der Waals surface area contributed by atoms with Crippen molar-refractivity contribution >= 4 is 17.5 Å². The molecule has 0 saturated carbocycles. The Labute approximate surface area is 135 Å². The lowest BCUT2D eigenvalue weighted by Crippen LogP contribution is -2.21. The van der Waals surface area contributed by atoms with Crippen LogP contribution in [0, 0.1) is 6.92 Å². The van der Waals surface area contributed by atoms with Crippen molar-refractivity contribution in [2.45, 2.75) is 13.3 Å². The van der Waals surface area contributed by atoms with Crippen molar-refractivity contribution in [2.24, 2.45) is 0 Å². The molecule has 0 aliphatic rings. The first kappa shape index (κ1) is 16.5. The number of hydrogen-bond donors (Lipinski definition) is 2.